The number of ether oxygens (including phenoxy) is 1. The van der Waals surface area contributed by atoms with Crippen molar-refractivity contribution in [2.45, 2.75) is 13.8 Å². The first-order valence-corrected chi connectivity index (χ1v) is 4.99. The van der Waals surface area contributed by atoms with Crippen molar-refractivity contribution in [2.24, 2.45) is 5.18 Å². The fraction of sp³-hybridized carbons (Fsp3) is 0.250. The van der Waals surface area contributed by atoms with E-state index in [1.165, 1.54) is 7.11 Å². The topological polar surface area (TPSA) is 67.8 Å². The minimum absolute atomic E-state index is 0.191. The van der Waals surface area contributed by atoms with Gasteiger partial charge in [-0.3, -0.25) is 0 Å². The summed E-state index contributed by atoms with van der Waals surface area (Å²) >= 11 is 0. The predicted octanol–water partition coefficient (Wildman–Crippen LogP) is 3.13. The van der Waals surface area contributed by atoms with Crippen LogP contribution in [0.25, 0.3) is 0 Å². The Balaban J connectivity index is 3.31. The molecular formula is C12H14N2O3. The number of esters is 1. The average molecular weight is 234 g/mol. The first-order chi connectivity index (χ1) is 8.01. The molecule has 0 unspecified atom stereocenters. The SMILES string of the molecule is C=C(C)Nc1ccc(C(=O)OC)c(C)c1N=O. The van der Waals surface area contributed by atoms with Crippen LogP contribution in [0.1, 0.15) is 22.8 Å². The van der Waals surface area contributed by atoms with Gasteiger partial charge in [-0.15, -0.1) is 4.91 Å². The van der Waals surface area contributed by atoms with Gasteiger partial charge < -0.3 is 10.1 Å². The molecule has 0 heterocycles. The predicted molar refractivity (Wildman–Crippen MR) is 66.4 cm³/mol. The number of anilines is 1. The minimum atomic E-state index is -0.491. The van der Waals surface area contributed by atoms with Gasteiger partial charge in [-0.2, -0.15) is 0 Å². The van der Waals surface area contributed by atoms with E-state index in [0.717, 1.165) is 0 Å². The molecule has 0 atom stereocenters. The van der Waals surface area contributed by atoms with Crippen LogP contribution in [-0.2, 0) is 4.74 Å². The number of nitroso groups, excluding NO2 is 1. The summed E-state index contributed by atoms with van der Waals surface area (Å²) in [7, 11) is 1.29. The number of benzene rings is 1. The largest absolute Gasteiger partial charge is 0.465 e. The average Bonchev–Trinajstić information content (AvgIpc) is 2.28. The summed E-state index contributed by atoms with van der Waals surface area (Å²) in [5, 5.41) is 5.85. The Morgan fingerprint density at radius 3 is 2.59 bits per heavy atom. The van der Waals surface area contributed by atoms with E-state index in [0.29, 0.717) is 22.5 Å². The van der Waals surface area contributed by atoms with Crippen molar-refractivity contribution in [1.82, 2.24) is 0 Å². The normalized spacial score (nSPS) is 9.59. The third-order valence-corrected chi connectivity index (χ3v) is 2.28. The van der Waals surface area contributed by atoms with Crippen LogP contribution in [0.2, 0.25) is 0 Å². The lowest BCUT2D eigenvalue weighted by molar-refractivity contribution is 0.0600. The summed E-state index contributed by atoms with van der Waals surface area (Å²) in [5.74, 6) is -0.491. The molecule has 0 aliphatic rings. The Bertz CT molecular complexity index is 481. The van der Waals surface area contributed by atoms with Gasteiger partial charge in [0.1, 0.15) is 5.69 Å². The minimum Gasteiger partial charge on any atom is -0.465 e. The van der Waals surface area contributed by atoms with Crippen molar-refractivity contribution in [3.8, 4) is 0 Å². The summed E-state index contributed by atoms with van der Waals surface area (Å²) in [5.41, 5.74) is 2.21. The van der Waals surface area contributed by atoms with Crippen molar-refractivity contribution in [2.75, 3.05) is 12.4 Å². The number of nitrogens with one attached hydrogen (secondary N) is 1. The van der Waals surface area contributed by atoms with E-state index >= 15 is 0 Å². The highest BCUT2D eigenvalue weighted by molar-refractivity contribution is 5.94. The molecule has 1 N–H and O–H groups in total. The Morgan fingerprint density at radius 2 is 2.12 bits per heavy atom. The second-order valence-electron chi connectivity index (χ2n) is 3.62. The molecule has 1 aromatic carbocycles. The molecule has 1 rings (SSSR count). The molecule has 5 nitrogen and oxygen atoms in total. The third-order valence-electron chi connectivity index (χ3n) is 2.28. The Kier molecular flexibility index (Phi) is 3.98. The fourth-order valence-corrected chi connectivity index (χ4v) is 1.48. The van der Waals surface area contributed by atoms with E-state index in [1.54, 1.807) is 26.0 Å². The lowest BCUT2D eigenvalue weighted by Crippen LogP contribution is -2.05. The van der Waals surface area contributed by atoms with Crippen molar-refractivity contribution < 1.29 is 9.53 Å². The quantitative estimate of drug-likeness (QED) is 0.642. The molecule has 1 aromatic rings. The van der Waals surface area contributed by atoms with Gasteiger partial charge in [0.25, 0.3) is 0 Å². The van der Waals surface area contributed by atoms with E-state index in [9.17, 15) is 9.70 Å². The molecule has 17 heavy (non-hydrogen) atoms. The molecule has 0 radical (unpaired) electrons. The van der Waals surface area contributed by atoms with Crippen LogP contribution in [0.3, 0.4) is 0 Å². The molecule has 0 aliphatic carbocycles. The van der Waals surface area contributed by atoms with Crippen molar-refractivity contribution >= 4 is 17.3 Å². The molecule has 5 heteroatoms. The first-order valence-electron chi connectivity index (χ1n) is 4.99. The molecule has 0 amide bonds. The number of nitrogens with zero attached hydrogens (tertiary/aromatic N) is 1. The van der Waals surface area contributed by atoms with Crippen LogP contribution in [0, 0.1) is 11.8 Å². The zero-order chi connectivity index (χ0) is 13.0. The number of hydrogen-bond donors (Lipinski definition) is 1. The summed E-state index contributed by atoms with van der Waals surface area (Å²) in [6.07, 6.45) is 0. The van der Waals surface area contributed by atoms with E-state index < -0.39 is 5.97 Å². The monoisotopic (exact) mass is 234 g/mol. The number of allylic oxidation sites excluding steroid dienone is 1. The van der Waals surface area contributed by atoms with E-state index in [2.05, 4.69) is 21.8 Å². The maximum Gasteiger partial charge on any atom is 0.338 e. The van der Waals surface area contributed by atoms with Gasteiger partial charge in [0.15, 0.2) is 0 Å². The van der Waals surface area contributed by atoms with Gasteiger partial charge in [-0.25, -0.2) is 4.79 Å². The molecule has 0 bridgehead atoms. The van der Waals surface area contributed by atoms with Crippen LogP contribution in [0.15, 0.2) is 29.6 Å². The third kappa shape index (κ3) is 2.69. The van der Waals surface area contributed by atoms with Crippen LogP contribution >= 0.6 is 0 Å². The maximum atomic E-state index is 11.4. The highest BCUT2D eigenvalue weighted by atomic mass is 16.5. The zero-order valence-corrected chi connectivity index (χ0v) is 10.0. The van der Waals surface area contributed by atoms with Crippen molar-refractivity contribution in [1.29, 1.82) is 0 Å². The van der Waals surface area contributed by atoms with Gasteiger partial charge in [0, 0.05) is 5.70 Å². The van der Waals surface area contributed by atoms with E-state index in [-0.39, 0.29) is 5.69 Å². The Morgan fingerprint density at radius 1 is 1.47 bits per heavy atom. The molecule has 0 aliphatic heterocycles. The molecule has 0 saturated heterocycles. The summed E-state index contributed by atoms with van der Waals surface area (Å²) in [4.78, 5) is 22.3. The second kappa shape index (κ2) is 5.25. The lowest BCUT2D eigenvalue weighted by atomic mass is 10.1. The van der Waals surface area contributed by atoms with Crippen LogP contribution in [0.4, 0.5) is 11.4 Å². The number of methoxy groups -OCH3 is 1. The highest BCUT2D eigenvalue weighted by Crippen LogP contribution is 2.32. The summed E-state index contributed by atoms with van der Waals surface area (Å²) in [6, 6.07) is 3.19. The number of rotatable bonds is 4. The van der Waals surface area contributed by atoms with Gasteiger partial charge in [0.05, 0.1) is 18.4 Å². The van der Waals surface area contributed by atoms with Crippen LogP contribution in [-0.4, -0.2) is 13.1 Å². The second-order valence-corrected chi connectivity index (χ2v) is 3.62. The van der Waals surface area contributed by atoms with E-state index in [4.69, 9.17) is 0 Å². The van der Waals surface area contributed by atoms with Crippen molar-refractivity contribution in [3.63, 3.8) is 0 Å². The molecule has 0 spiro atoms. The smallest absolute Gasteiger partial charge is 0.338 e. The van der Waals surface area contributed by atoms with Gasteiger partial charge in [-0.1, -0.05) is 6.58 Å². The van der Waals surface area contributed by atoms with Gasteiger partial charge >= 0.3 is 5.97 Å². The number of carbonyl (C=O) groups is 1. The molecule has 0 fully saturated rings. The molecule has 90 valence electrons. The number of carbonyl (C=O) groups excluding carboxylic acids is 1. The lowest BCUT2D eigenvalue weighted by Gasteiger charge is -2.11. The zero-order valence-electron chi connectivity index (χ0n) is 10.0. The Hall–Kier alpha value is -2.17. The standard InChI is InChI=1S/C12H14N2O3/c1-7(2)13-10-6-5-9(12(15)17-4)8(3)11(10)14-16/h5-6,13H,1H2,2-4H3. The fourth-order valence-electron chi connectivity index (χ4n) is 1.48. The molecular weight excluding hydrogens is 220 g/mol. The van der Waals surface area contributed by atoms with Gasteiger partial charge in [-0.05, 0) is 36.7 Å². The van der Waals surface area contributed by atoms with Crippen LogP contribution < -0.4 is 5.32 Å². The summed E-state index contributed by atoms with van der Waals surface area (Å²) in [6.45, 7) is 7.09. The molecule has 0 aromatic heterocycles. The number of hydrogen-bond acceptors (Lipinski definition) is 5. The maximum absolute atomic E-state index is 11.4. The molecule has 0 saturated carbocycles. The Labute approximate surface area is 99.5 Å². The van der Waals surface area contributed by atoms with Crippen molar-refractivity contribution in [3.05, 3.63) is 40.4 Å². The van der Waals surface area contributed by atoms with Crippen LogP contribution in [0.5, 0.6) is 0 Å². The summed E-state index contributed by atoms with van der Waals surface area (Å²) < 4.78 is 4.62. The first kappa shape index (κ1) is 12.9. The van der Waals surface area contributed by atoms with Gasteiger partial charge in [0.2, 0.25) is 0 Å². The van der Waals surface area contributed by atoms with E-state index in [1.807, 2.05) is 0 Å². The highest BCUT2D eigenvalue weighted by Gasteiger charge is 2.16.